The van der Waals surface area contributed by atoms with E-state index in [0.717, 1.165) is 0 Å². The zero-order chi connectivity index (χ0) is 15.4. The second kappa shape index (κ2) is 6.32. The molecule has 1 unspecified atom stereocenters. The molecule has 5 heteroatoms. The lowest BCUT2D eigenvalue weighted by atomic mass is 10.0. The molecular formula is C17H13NO4. The van der Waals surface area contributed by atoms with Crippen molar-refractivity contribution in [3.63, 3.8) is 0 Å². The topological polar surface area (TPSA) is 68.3 Å². The quantitative estimate of drug-likeness (QED) is 0.279. The lowest BCUT2D eigenvalue weighted by molar-refractivity contribution is -0.145. The predicted molar refractivity (Wildman–Crippen MR) is 79.6 cm³/mol. The summed E-state index contributed by atoms with van der Waals surface area (Å²) in [6, 6.07) is 17.6. The van der Waals surface area contributed by atoms with Gasteiger partial charge < -0.3 is 9.57 Å². The van der Waals surface area contributed by atoms with Gasteiger partial charge in [-0.2, -0.15) is 0 Å². The molecule has 2 aromatic rings. The van der Waals surface area contributed by atoms with Gasteiger partial charge in [0.25, 0.3) is 0 Å². The van der Waals surface area contributed by atoms with E-state index in [0.29, 0.717) is 17.7 Å². The Morgan fingerprint density at radius 3 is 2.05 bits per heavy atom. The number of ether oxygens (including phenoxy) is 1. The molecule has 0 bridgehead atoms. The number of carbonyl (C=O) groups is 2. The van der Waals surface area contributed by atoms with Crippen molar-refractivity contribution in [3.05, 3.63) is 71.8 Å². The van der Waals surface area contributed by atoms with Crippen molar-refractivity contribution in [3.8, 4) is 0 Å². The van der Waals surface area contributed by atoms with Crippen molar-refractivity contribution >= 4 is 17.5 Å². The molecule has 1 aliphatic rings. The lowest BCUT2D eigenvalue weighted by Crippen LogP contribution is -2.18. The highest BCUT2D eigenvalue weighted by molar-refractivity contribution is 6.51. The Hall–Kier alpha value is -2.79. The Bertz CT molecular complexity index is 706. The number of oxime groups is 1. The van der Waals surface area contributed by atoms with Gasteiger partial charge in [-0.25, -0.2) is 4.79 Å². The largest absolute Gasteiger partial charge is 0.365 e. The number of epoxide rings is 1. The molecule has 0 aromatic heterocycles. The minimum Gasteiger partial charge on any atom is -0.361 e. The number of hydrogen-bond donors (Lipinski definition) is 0. The van der Waals surface area contributed by atoms with Crippen LogP contribution >= 0.6 is 0 Å². The van der Waals surface area contributed by atoms with Crippen LogP contribution in [0.15, 0.2) is 65.8 Å². The first kappa shape index (κ1) is 14.2. The molecule has 1 aliphatic heterocycles. The van der Waals surface area contributed by atoms with E-state index in [9.17, 15) is 9.59 Å². The molecule has 0 aliphatic carbocycles. The highest BCUT2D eigenvalue weighted by Crippen LogP contribution is 2.13. The SMILES string of the molecule is O=C(C(=NOC(=O)C1CO1)c1ccccc1)c1ccccc1. The van der Waals surface area contributed by atoms with Crippen LogP contribution in [0.25, 0.3) is 0 Å². The average Bonchev–Trinajstić information content (AvgIpc) is 3.41. The maximum atomic E-state index is 12.6. The summed E-state index contributed by atoms with van der Waals surface area (Å²) in [5, 5.41) is 3.77. The molecule has 0 amide bonds. The Labute approximate surface area is 127 Å². The van der Waals surface area contributed by atoms with Crippen LogP contribution in [0.2, 0.25) is 0 Å². The van der Waals surface area contributed by atoms with Gasteiger partial charge in [0, 0.05) is 11.1 Å². The maximum Gasteiger partial charge on any atom is 0.365 e. The zero-order valence-electron chi connectivity index (χ0n) is 11.6. The Kier molecular flexibility index (Phi) is 4.07. The van der Waals surface area contributed by atoms with Crippen LogP contribution in [0.1, 0.15) is 15.9 Å². The first-order valence-electron chi connectivity index (χ1n) is 6.81. The molecular weight excluding hydrogens is 282 g/mol. The summed E-state index contributed by atoms with van der Waals surface area (Å²) >= 11 is 0. The molecule has 1 atom stereocenters. The normalized spacial score (nSPS) is 16.9. The lowest BCUT2D eigenvalue weighted by Gasteiger charge is -2.05. The minimum atomic E-state index is -0.589. The highest BCUT2D eigenvalue weighted by atomic mass is 16.7. The van der Waals surface area contributed by atoms with Gasteiger partial charge >= 0.3 is 5.97 Å². The fraction of sp³-hybridized carbons (Fsp3) is 0.118. The summed E-state index contributed by atoms with van der Waals surface area (Å²) in [4.78, 5) is 29.0. The molecule has 0 radical (unpaired) electrons. The monoisotopic (exact) mass is 295 g/mol. The van der Waals surface area contributed by atoms with Crippen molar-refractivity contribution < 1.29 is 19.2 Å². The third kappa shape index (κ3) is 3.27. The van der Waals surface area contributed by atoms with E-state index in [1.807, 2.05) is 12.1 Å². The van der Waals surface area contributed by atoms with Gasteiger partial charge in [0.2, 0.25) is 5.78 Å². The van der Waals surface area contributed by atoms with Gasteiger partial charge in [-0.05, 0) is 0 Å². The van der Waals surface area contributed by atoms with Crippen LogP contribution < -0.4 is 0 Å². The number of nitrogens with zero attached hydrogens (tertiary/aromatic N) is 1. The number of carbonyl (C=O) groups excluding carboxylic acids is 2. The van der Waals surface area contributed by atoms with E-state index in [1.165, 1.54) is 0 Å². The maximum absolute atomic E-state index is 12.6. The standard InChI is InChI=1S/C17H13NO4/c19-16(13-9-5-2-6-10-13)15(12-7-3-1-4-8-12)18-22-17(20)14-11-21-14/h1-10,14H,11H2. The van der Waals surface area contributed by atoms with Gasteiger partial charge in [0.1, 0.15) is 0 Å². The van der Waals surface area contributed by atoms with Crippen LogP contribution in [0.5, 0.6) is 0 Å². The predicted octanol–water partition coefficient (Wildman–Crippen LogP) is 2.22. The zero-order valence-corrected chi connectivity index (χ0v) is 11.6. The van der Waals surface area contributed by atoms with E-state index < -0.39 is 12.1 Å². The van der Waals surface area contributed by atoms with Gasteiger partial charge in [-0.3, -0.25) is 4.79 Å². The second-order valence-corrected chi connectivity index (χ2v) is 4.73. The summed E-state index contributed by atoms with van der Waals surface area (Å²) in [5.74, 6) is -0.898. The Balaban J connectivity index is 1.90. The molecule has 0 spiro atoms. The van der Waals surface area contributed by atoms with Crippen molar-refractivity contribution in [2.75, 3.05) is 6.61 Å². The number of benzene rings is 2. The number of Topliss-reactive ketones (excluding diaryl/α,β-unsaturated/α-hetero) is 1. The molecule has 3 rings (SSSR count). The number of hydrogen-bond acceptors (Lipinski definition) is 5. The molecule has 22 heavy (non-hydrogen) atoms. The molecule has 1 fully saturated rings. The van der Waals surface area contributed by atoms with Crippen LogP contribution in [-0.4, -0.2) is 30.2 Å². The number of ketones is 1. The molecule has 0 N–H and O–H groups in total. The van der Waals surface area contributed by atoms with E-state index in [-0.39, 0.29) is 11.5 Å². The summed E-state index contributed by atoms with van der Waals surface area (Å²) in [6.45, 7) is 0.335. The first-order valence-corrected chi connectivity index (χ1v) is 6.81. The van der Waals surface area contributed by atoms with Gasteiger partial charge in [0.05, 0.1) is 6.61 Å². The average molecular weight is 295 g/mol. The Morgan fingerprint density at radius 1 is 0.955 bits per heavy atom. The smallest absolute Gasteiger partial charge is 0.361 e. The summed E-state index contributed by atoms with van der Waals surface area (Å²) in [5.41, 5.74) is 1.14. The second-order valence-electron chi connectivity index (χ2n) is 4.73. The fourth-order valence-corrected chi connectivity index (χ4v) is 1.88. The van der Waals surface area contributed by atoms with E-state index in [2.05, 4.69) is 5.16 Å². The molecule has 1 heterocycles. The van der Waals surface area contributed by atoms with Crippen LogP contribution in [0, 0.1) is 0 Å². The van der Waals surface area contributed by atoms with E-state index >= 15 is 0 Å². The minimum absolute atomic E-state index is 0.0841. The molecule has 0 saturated carbocycles. The van der Waals surface area contributed by atoms with E-state index in [1.54, 1.807) is 48.5 Å². The molecule has 110 valence electrons. The van der Waals surface area contributed by atoms with Gasteiger partial charge in [0.15, 0.2) is 11.8 Å². The van der Waals surface area contributed by atoms with Crippen LogP contribution in [-0.2, 0) is 14.4 Å². The van der Waals surface area contributed by atoms with Gasteiger partial charge in [-0.1, -0.05) is 65.8 Å². The number of rotatable bonds is 5. The van der Waals surface area contributed by atoms with Crippen LogP contribution in [0.4, 0.5) is 0 Å². The summed E-state index contributed by atoms with van der Waals surface area (Å²) in [6.07, 6.45) is -0.562. The molecule has 1 saturated heterocycles. The van der Waals surface area contributed by atoms with Gasteiger partial charge in [-0.15, -0.1) is 0 Å². The van der Waals surface area contributed by atoms with Crippen molar-refractivity contribution in [2.45, 2.75) is 6.10 Å². The van der Waals surface area contributed by atoms with Crippen LogP contribution in [0.3, 0.4) is 0 Å². The molecule has 2 aromatic carbocycles. The first-order chi connectivity index (χ1) is 10.8. The molecule has 5 nitrogen and oxygen atoms in total. The highest BCUT2D eigenvalue weighted by Gasteiger charge is 2.34. The fourth-order valence-electron chi connectivity index (χ4n) is 1.88. The van der Waals surface area contributed by atoms with Crippen molar-refractivity contribution in [2.24, 2.45) is 5.16 Å². The Morgan fingerprint density at radius 2 is 1.50 bits per heavy atom. The third-order valence-corrected chi connectivity index (χ3v) is 3.12. The van der Waals surface area contributed by atoms with Crippen molar-refractivity contribution in [1.29, 1.82) is 0 Å². The summed E-state index contributed by atoms with van der Waals surface area (Å²) in [7, 11) is 0. The summed E-state index contributed by atoms with van der Waals surface area (Å²) < 4.78 is 4.82. The van der Waals surface area contributed by atoms with Crippen molar-refractivity contribution in [1.82, 2.24) is 0 Å². The van der Waals surface area contributed by atoms with E-state index in [4.69, 9.17) is 9.57 Å². The third-order valence-electron chi connectivity index (χ3n) is 3.12.